The van der Waals surface area contributed by atoms with Crippen molar-refractivity contribution >= 4 is 11.6 Å². The molecule has 138 valence electrons. The van der Waals surface area contributed by atoms with Crippen LogP contribution < -0.4 is 15.4 Å². The van der Waals surface area contributed by atoms with Crippen LogP contribution in [0.2, 0.25) is 0 Å². The topological polar surface area (TPSA) is 76.1 Å². The molecule has 0 fully saturated rings. The molecule has 27 heavy (non-hydrogen) atoms. The van der Waals surface area contributed by atoms with Gasteiger partial charge in [0.25, 0.3) is 5.91 Å². The largest absolute Gasteiger partial charge is 0.497 e. The molecule has 0 saturated carbocycles. The summed E-state index contributed by atoms with van der Waals surface area (Å²) in [5.41, 5.74) is 3.33. The highest BCUT2D eigenvalue weighted by atomic mass is 16.5. The molecule has 1 aromatic carbocycles. The normalized spacial score (nSPS) is 10.3. The minimum absolute atomic E-state index is 0.146. The van der Waals surface area contributed by atoms with E-state index in [2.05, 4.69) is 20.6 Å². The van der Waals surface area contributed by atoms with Crippen LogP contribution in [0.25, 0.3) is 0 Å². The number of nitrogens with zero attached hydrogens (tertiary/aromatic N) is 2. The van der Waals surface area contributed by atoms with Crippen molar-refractivity contribution in [1.29, 1.82) is 0 Å². The Morgan fingerprint density at radius 1 is 1.11 bits per heavy atom. The molecule has 3 rings (SSSR count). The van der Waals surface area contributed by atoms with E-state index in [0.717, 1.165) is 29.1 Å². The van der Waals surface area contributed by atoms with E-state index >= 15 is 0 Å². The summed E-state index contributed by atoms with van der Waals surface area (Å²) in [6.45, 7) is 1.11. The van der Waals surface area contributed by atoms with Crippen molar-refractivity contribution in [2.75, 3.05) is 19.0 Å². The van der Waals surface area contributed by atoms with Crippen molar-refractivity contribution < 1.29 is 9.53 Å². The van der Waals surface area contributed by atoms with Gasteiger partial charge in [0.15, 0.2) is 0 Å². The Hall–Kier alpha value is -3.41. The van der Waals surface area contributed by atoms with E-state index in [4.69, 9.17) is 4.74 Å². The predicted octanol–water partition coefficient (Wildman–Crippen LogP) is 3.07. The number of nitrogens with one attached hydrogen (secondary N) is 2. The number of rotatable bonds is 8. The zero-order valence-corrected chi connectivity index (χ0v) is 15.2. The minimum Gasteiger partial charge on any atom is -0.497 e. The first-order valence-corrected chi connectivity index (χ1v) is 8.74. The van der Waals surface area contributed by atoms with Gasteiger partial charge in [0.05, 0.1) is 30.6 Å². The van der Waals surface area contributed by atoms with Gasteiger partial charge in [-0.1, -0.05) is 18.2 Å². The lowest BCUT2D eigenvalue weighted by atomic mass is 10.1. The second-order valence-corrected chi connectivity index (χ2v) is 5.99. The predicted molar refractivity (Wildman–Crippen MR) is 105 cm³/mol. The smallest absolute Gasteiger partial charge is 0.252 e. The Bertz CT molecular complexity index is 884. The van der Waals surface area contributed by atoms with Crippen LogP contribution in [0.1, 0.15) is 21.6 Å². The molecule has 2 N–H and O–H groups in total. The first-order chi connectivity index (χ1) is 13.2. The molecule has 1 amide bonds. The van der Waals surface area contributed by atoms with Crippen LogP contribution in [0.15, 0.2) is 67.1 Å². The molecule has 0 saturated heterocycles. The molecule has 0 aliphatic rings. The quantitative estimate of drug-likeness (QED) is 0.644. The number of benzene rings is 1. The highest BCUT2D eigenvalue weighted by Gasteiger charge is 2.07. The third kappa shape index (κ3) is 5.54. The molecule has 2 aromatic heterocycles. The summed E-state index contributed by atoms with van der Waals surface area (Å²) in [4.78, 5) is 20.8. The number of hydrogen-bond acceptors (Lipinski definition) is 5. The maximum atomic E-state index is 12.4. The highest BCUT2D eigenvalue weighted by Crippen LogP contribution is 2.13. The molecule has 0 atom stereocenters. The minimum atomic E-state index is -0.146. The summed E-state index contributed by atoms with van der Waals surface area (Å²) in [6.07, 6.45) is 5.73. The number of ether oxygens (including phenoxy) is 1. The van der Waals surface area contributed by atoms with Gasteiger partial charge < -0.3 is 15.4 Å². The molecule has 0 spiro atoms. The summed E-state index contributed by atoms with van der Waals surface area (Å²) in [5.74, 6) is 0.668. The summed E-state index contributed by atoms with van der Waals surface area (Å²) in [7, 11) is 1.64. The molecular formula is C21H22N4O2. The van der Waals surface area contributed by atoms with Gasteiger partial charge in [-0.05, 0) is 42.3 Å². The lowest BCUT2D eigenvalue weighted by molar-refractivity contribution is 0.0954. The number of amides is 1. The van der Waals surface area contributed by atoms with Crippen molar-refractivity contribution in [2.45, 2.75) is 13.0 Å². The lowest BCUT2D eigenvalue weighted by Crippen LogP contribution is -2.25. The van der Waals surface area contributed by atoms with Crippen LogP contribution in [0.4, 0.5) is 5.69 Å². The average molecular weight is 362 g/mol. The van der Waals surface area contributed by atoms with E-state index < -0.39 is 0 Å². The van der Waals surface area contributed by atoms with Crippen LogP contribution in [-0.4, -0.2) is 29.5 Å². The van der Waals surface area contributed by atoms with Crippen molar-refractivity contribution in [3.05, 3.63) is 83.9 Å². The fourth-order valence-corrected chi connectivity index (χ4v) is 2.61. The van der Waals surface area contributed by atoms with Gasteiger partial charge in [-0.3, -0.25) is 14.8 Å². The number of pyridine rings is 2. The fourth-order valence-electron chi connectivity index (χ4n) is 2.61. The Labute approximate surface area is 158 Å². The van der Waals surface area contributed by atoms with Crippen LogP contribution in [0.3, 0.4) is 0 Å². The Morgan fingerprint density at radius 2 is 2.04 bits per heavy atom. The highest BCUT2D eigenvalue weighted by molar-refractivity contribution is 5.94. The fraction of sp³-hybridized carbons (Fsp3) is 0.190. The van der Waals surface area contributed by atoms with Gasteiger partial charge in [0.1, 0.15) is 5.75 Å². The monoisotopic (exact) mass is 362 g/mol. The summed E-state index contributed by atoms with van der Waals surface area (Å²) < 4.78 is 5.21. The van der Waals surface area contributed by atoms with Crippen molar-refractivity contribution in [2.24, 2.45) is 0 Å². The first-order valence-electron chi connectivity index (χ1n) is 8.74. The second-order valence-electron chi connectivity index (χ2n) is 5.99. The molecule has 6 nitrogen and oxygen atoms in total. The van der Waals surface area contributed by atoms with Gasteiger partial charge in [-0.25, -0.2) is 0 Å². The van der Waals surface area contributed by atoms with Crippen LogP contribution in [0, 0.1) is 0 Å². The number of carbonyl (C=O) groups excluding carboxylic acids is 1. The number of anilines is 1. The van der Waals surface area contributed by atoms with Crippen LogP contribution >= 0.6 is 0 Å². The van der Waals surface area contributed by atoms with E-state index in [0.29, 0.717) is 18.7 Å². The molecule has 3 aromatic rings. The molecule has 0 aliphatic carbocycles. The van der Waals surface area contributed by atoms with Gasteiger partial charge >= 0.3 is 0 Å². The van der Waals surface area contributed by atoms with Gasteiger partial charge in [-0.15, -0.1) is 0 Å². The summed E-state index contributed by atoms with van der Waals surface area (Å²) >= 11 is 0. The molecule has 0 unspecified atom stereocenters. The van der Waals surface area contributed by atoms with E-state index in [9.17, 15) is 4.79 Å². The maximum Gasteiger partial charge on any atom is 0.252 e. The van der Waals surface area contributed by atoms with E-state index in [1.54, 1.807) is 31.8 Å². The van der Waals surface area contributed by atoms with E-state index in [-0.39, 0.29) is 5.91 Å². The third-order valence-corrected chi connectivity index (χ3v) is 4.03. The van der Waals surface area contributed by atoms with Crippen LogP contribution in [-0.2, 0) is 13.0 Å². The van der Waals surface area contributed by atoms with Crippen molar-refractivity contribution in [3.63, 3.8) is 0 Å². The number of hydrogen-bond donors (Lipinski definition) is 2. The molecule has 2 heterocycles. The molecular weight excluding hydrogens is 340 g/mol. The first kappa shape index (κ1) is 18.4. The van der Waals surface area contributed by atoms with Gasteiger partial charge in [-0.2, -0.15) is 0 Å². The zero-order chi connectivity index (χ0) is 18.9. The van der Waals surface area contributed by atoms with Crippen molar-refractivity contribution in [1.82, 2.24) is 15.3 Å². The number of methoxy groups -OCH3 is 1. The van der Waals surface area contributed by atoms with E-state index in [1.165, 1.54) is 0 Å². The van der Waals surface area contributed by atoms with Gasteiger partial charge in [0.2, 0.25) is 0 Å². The molecule has 0 aliphatic heterocycles. The molecule has 0 bridgehead atoms. The van der Waals surface area contributed by atoms with E-state index in [1.807, 2.05) is 42.5 Å². The SMILES string of the molecule is COc1cccc(CCNC(=O)c2cncc(NCc3ccccn3)c2)c1. The Kier molecular flexibility index (Phi) is 6.35. The molecule has 6 heteroatoms. The Morgan fingerprint density at radius 3 is 2.85 bits per heavy atom. The van der Waals surface area contributed by atoms with Crippen molar-refractivity contribution in [3.8, 4) is 5.75 Å². The number of aromatic nitrogens is 2. The second kappa shape index (κ2) is 9.33. The zero-order valence-electron chi connectivity index (χ0n) is 15.2. The maximum absolute atomic E-state index is 12.4. The summed E-state index contributed by atoms with van der Waals surface area (Å²) in [5, 5.41) is 6.16. The molecule has 0 radical (unpaired) electrons. The standard InChI is InChI=1S/C21H22N4O2/c1-27-20-7-4-5-16(11-20)8-10-24-21(26)17-12-19(14-22-13-17)25-15-18-6-2-3-9-23-18/h2-7,9,11-14,25H,8,10,15H2,1H3,(H,24,26). The number of carbonyl (C=O) groups is 1. The third-order valence-electron chi connectivity index (χ3n) is 4.03. The van der Waals surface area contributed by atoms with Crippen LogP contribution in [0.5, 0.6) is 5.75 Å². The average Bonchev–Trinajstić information content (AvgIpc) is 2.73. The van der Waals surface area contributed by atoms with Gasteiger partial charge in [0, 0.05) is 25.1 Å². The Balaban J connectivity index is 1.52. The summed E-state index contributed by atoms with van der Waals surface area (Å²) in [6, 6.07) is 15.4. The lowest BCUT2D eigenvalue weighted by Gasteiger charge is -2.09.